The van der Waals surface area contributed by atoms with Crippen LogP contribution in [-0.4, -0.2) is 18.2 Å². The van der Waals surface area contributed by atoms with Crippen LogP contribution in [0.3, 0.4) is 0 Å². The molecule has 1 aromatic heterocycles. The first-order chi connectivity index (χ1) is 6.18. The molecule has 0 aromatic carbocycles. The lowest BCUT2D eigenvalue weighted by Gasteiger charge is -1.95. The average Bonchev–Trinajstić information content (AvgIpc) is 2.41. The summed E-state index contributed by atoms with van der Waals surface area (Å²) in [6.07, 6.45) is 0.391. The van der Waals surface area contributed by atoms with Gasteiger partial charge in [-0.3, -0.25) is 9.59 Å². The Balaban J connectivity index is 2.56. The SMILES string of the molecule is O=C1CCNC(=O)c2sc(Br)cc21. The standard InChI is InChI=1S/C8H6BrNO2S/c9-6-3-4-5(11)1-2-10-8(12)7(4)13-6/h3H,1-2H2,(H,10,12). The molecule has 1 aliphatic heterocycles. The Morgan fingerprint density at radius 2 is 2.23 bits per heavy atom. The molecule has 0 unspecified atom stereocenters. The number of ketones is 1. The molecule has 2 heterocycles. The van der Waals surface area contributed by atoms with Crippen molar-refractivity contribution in [2.75, 3.05) is 6.54 Å². The normalized spacial score (nSPS) is 16.4. The number of thiophene rings is 1. The van der Waals surface area contributed by atoms with E-state index in [2.05, 4.69) is 21.2 Å². The maximum Gasteiger partial charge on any atom is 0.262 e. The van der Waals surface area contributed by atoms with Crippen LogP contribution in [0.25, 0.3) is 0 Å². The molecule has 0 saturated carbocycles. The smallest absolute Gasteiger partial charge is 0.262 e. The summed E-state index contributed by atoms with van der Waals surface area (Å²) in [6.45, 7) is 0.441. The Labute approximate surface area is 87.3 Å². The van der Waals surface area contributed by atoms with E-state index in [1.165, 1.54) is 11.3 Å². The summed E-state index contributed by atoms with van der Waals surface area (Å²) < 4.78 is 0.822. The van der Waals surface area contributed by atoms with Gasteiger partial charge >= 0.3 is 0 Å². The second kappa shape index (κ2) is 3.23. The molecule has 0 spiro atoms. The van der Waals surface area contributed by atoms with Crippen molar-refractivity contribution in [1.82, 2.24) is 5.32 Å². The molecule has 0 radical (unpaired) electrons. The molecule has 1 amide bonds. The highest BCUT2D eigenvalue weighted by Gasteiger charge is 2.23. The van der Waals surface area contributed by atoms with Crippen LogP contribution in [0.5, 0.6) is 0 Å². The first kappa shape index (κ1) is 8.90. The van der Waals surface area contributed by atoms with Gasteiger partial charge in [0.25, 0.3) is 5.91 Å². The number of hydrogen-bond donors (Lipinski definition) is 1. The monoisotopic (exact) mass is 259 g/mol. The Kier molecular flexibility index (Phi) is 2.21. The van der Waals surface area contributed by atoms with Crippen molar-refractivity contribution >= 4 is 39.0 Å². The van der Waals surface area contributed by atoms with Crippen LogP contribution in [0.1, 0.15) is 26.5 Å². The molecule has 0 saturated heterocycles. The van der Waals surface area contributed by atoms with Gasteiger partial charge in [0.15, 0.2) is 5.78 Å². The van der Waals surface area contributed by atoms with Crippen LogP contribution in [-0.2, 0) is 0 Å². The van der Waals surface area contributed by atoms with Crippen molar-refractivity contribution in [3.05, 3.63) is 20.3 Å². The summed E-state index contributed by atoms with van der Waals surface area (Å²) in [5.41, 5.74) is 0.548. The zero-order valence-corrected chi connectivity index (χ0v) is 9.00. The minimum Gasteiger partial charge on any atom is -0.351 e. The molecule has 0 aliphatic carbocycles. The lowest BCUT2D eigenvalue weighted by Crippen LogP contribution is -2.21. The van der Waals surface area contributed by atoms with Crippen LogP contribution in [0.2, 0.25) is 0 Å². The van der Waals surface area contributed by atoms with E-state index in [-0.39, 0.29) is 11.7 Å². The fourth-order valence-corrected chi connectivity index (χ4v) is 2.78. The molecule has 13 heavy (non-hydrogen) atoms. The molecule has 68 valence electrons. The van der Waals surface area contributed by atoms with E-state index in [0.717, 1.165) is 3.79 Å². The first-order valence-corrected chi connectivity index (χ1v) is 5.40. The molecule has 0 fully saturated rings. The number of Topliss-reactive ketones (excluding diaryl/α,β-unsaturated/α-hetero) is 1. The number of hydrogen-bond acceptors (Lipinski definition) is 3. The lowest BCUT2D eigenvalue weighted by molar-refractivity contribution is 0.0960. The summed E-state index contributed by atoms with van der Waals surface area (Å²) in [4.78, 5) is 23.4. The van der Waals surface area contributed by atoms with Gasteiger partial charge in [-0.15, -0.1) is 11.3 Å². The van der Waals surface area contributed by atoms with Crippen LogP contribution in [0.15, 0.2) is 9.85 Å². The quantitative estimate of drug-likeness (QED) is 0.773. The Hall–Kier alpha value is -0.680. The van der Waals surface area contributed by atoms with Crippen LogP contribution < -0.4 is 5.32 Å². The van der Waals surface area contributed by atoms with Crippen molar-refractivity contribution in [2.24, 2.45) is 0 Å². The number of nitrogens with one attached hydrogen (secondary N) is 1. The van der Waals surface area contributed by atoms with E-state index in [0.29, 0.717) is 23.4 Å². The third kappa shape index (κ3) is 1.53. The molecule has 1 aliphatic rings. The van der Waals surface area contributed by atoms with E-state index < -0.39 is 0 Å². The van der Waals surface area contributed by atoms with Gasteiger partial charge < -0.3 is 5.32 Å². The van der Waals surface area contributed by atoms with E-state index in [1.807, 2.05) is 0 Å². The van der Waals surface area contributed by atoms with E-state index >= 15 is 0 Å². The molecule has 0 atom stereocenters. The topological polar surface area (TPSA) is 46.2 Å². The highest BCUT2D eigenvalue weighted by atomic mass is 79.9. The number of rotatable bonds is 0. The van der Waals surface area contributed by atoms with Gasteiger partial charge in [-0.1, -0.05) is 0 Å². The zero-order valence-electron chi connectivity index (χ0n) is 6.59. The molecule has 1 aromatic rings. The fourth-order valence-electron chi connectivity index (χ4n) is 1.24. The molecular formula is C8H6BrNO2S. The Morgan fingerprint density at radius 1 is 1.46 bits per heavy atom. The number of carbonyl (C=O) groups excluding carboxylic acids is 2. The van der Waals surface area contributed by atoms with Crippen LogP contribution >= 0.6 is 27.3 Å². The van der Waals surface area contributed by atoms with Crippen molar-refractivity contribution in [1.29, 1.82) is 0 Å². The largest absolute Gasteiger partial charge is 0.351 e. The van der Waals surface area contributed by atoms with Crippen molar-refractivity contribution in [2.45, 2.75) is 6.42 Å². The maximum absolute atomic E-state index is 11.5. The van der Waals surface area contributed by atoms with E-state index in [4.69, 9.17) is 0 Å². The van der Waals surface area contributed by atoms with Gasteiger partial charge in [-0.2, -0.15) is 0 Å². The van der Waals surface area contributed by atoms with Gasteiger partial charge in [0.2, 0.25) is 0 Å². The molecule has 2 rings (SSSR count). The predicted octanol–water partition coefficient (Wildman–Crippen LogP) is 1.83. The predicted molar refractivity (Wildman–Crippen MR) is 53.3 cm³/mol. The third-order valence-electron chi connectivity index (χ3n) is 1.85. The summed E-state index contributed by atoms with van der Waals surface area (Å²) in [5, 5.41) is 2.67. The first-order valence-electron chi connectivity index (χ1n) is 3.79. The highest BCUT2D eigenvalue weighted by Crippen LogP contribution is 2.29. The molecule has 5 heteroatoms. The zero-order chi connectivity index (χ0) is 9.42. The van der Waals surface area contributed by atoms with Crippen molar-refractivity contribution < 1.29 is 9.59 Å². The summed E-state index contributed by atoms with van der Waals surface area (Å²) in [7, 11) is 0. The molecule has 0 bridgehead atoms. The van der Waals surface area contributed by atoms with Gasteiger partial charge in [-0.25, -0.2) is 0 Å². The highest BCUT2D eigenvalue weighted by molar-refractivity contribution is 9.11. The van der Waals surface area contributed by atoms with Gasteiger partial charge in [0.05, 0.1) is 3.79 Å². The summed E-state index contributed by atoms with van der Waals surface area (Å²) in [6, 6.07) is 1.72. The summed E-state index contributed by atoms with van der Waals surface area (Å²) >= 11 is 4.56. The number of fused-ring (bicyclic) bond motifs is 1. The van der Waals surface area contributed by atoms with Gasteiger partial charge in [-0.05, 0) is 22.0 Å². The maximum atomic E-state index is 11.5. The third-order valence-corrected chi connectivity index (χ3v) is 3.48. The van der Waals surface area contributed by atoms with Crippen molar-refractivity contribution in [3.63, 3.8) is 0 Å². The number of amides is 1. The molecular weight excluding hydrogens is 254 g/mol. The van der Waals surface area contributed by atoms with E-state index in [1.54, 1.807) is 6.07 Å². The van der Waals surface area contributed by atoms with Crippen LogP contribution in [0.4, 0.5) is 0 Å². The second-order valence-electron chi connectivity index (χ2n) is 2.72. The van der Waals surface area contributed by atoms with Crippen molar-refractivity contribution in [3.8, 4) is 0 Å². The van der Waals surface area contributed by atoms with Crippen LogP contribution in [0, 0.1) is 0 Å². The van der Waals surface area contributed by atoms with Gasteiger partial charge in [0.1, 0.15) is 4.88 Å². The Bertz CT molecular complexity index is 352. The number of carbonyl (C=O) groups is 2. The summed E-state index contributed by atoms with van der Waals surface area (Å²) in [5.74, 6) is -0.105. The fraction of sp³-hybridized carbons (Fsp3) is 0.250. The number of halogens is 1. The minimum absolute atomic E-state index is 0.0373. The lowest BCUT2D eigenvalue weighted by atomic mass is 10.1. The van der Waals surface area contributed by atoms with E-state index in [9.17, 15) is 9.59 Å². The Morgan fingerprint density at radius 3 is 3.00 bits per heavy atom. The second-order valence-corrected chi connectivity index (χ2v) is 5.15. The average molecular weight is 260 g/mol. The molecule has 1 N–H and O–H groups in total. The van der Waals surface area contributed by atoms with Gasteiger partial charge in [0, 0.05) is 18.5 Å². The minimum atomic E-state index is -0.142. The molecule has 3 nitrogen and oxygen atoms in total.